The molecule has 1 aromatic carbocycles. The smallest absolute Gasteiger partial charge is 0.129 e. The molecule has 0 saturated heterocycles. The zero-order chi connectivity index (χ0) is 42.5. The molecule has 1 heterocycles. The minimum atomic E-state index is -1.58. The second-order valence-electron chi connectivity index (χ2n) is 24.9. The molecule has 58 heavy (non-hydrogen) atoms. The van der Waals surface area contributed by atoms with Crippen LogP contribution in [0.15, 0.2) is 12.1 Å². The van der Waals surface area contributed by atoms with E-state index in [2.05, 4.69) is 133 Å². The summed E-state index contributed by atoms with van der Waals surface area (Å²) < 4.78 is 8.62. The van der Waals surface area contributed by atoms with E-state index in [1.165, 1.54) is 100 Å². The van der Waals surface area contributed by atoms with Crippen molar-refractivity contribution < 1.29 is 4.74 Å². The molecular weight excluding hydrogens is 717 g/mol. The second kappa shape index (κ2) is 18.3. The monoisotopic (exact) mass is 811 g/mol. The van der Waals surface area contributed by atoms with Crippen molar-refractivity contribution in [3.05, 3.63) is 28.8 Å². The summed E-state index contributed by atoms with van der Waals surface area (Å²) in [4.78, 5) is 0. The molecule has 6 rings (SSSR count). The molecule has 0 radical (unpaired) electrons. The minimum absolute atomic E-state index is 0.0615. The van der Waals surface area contributed by atoms with E-state index < -0.39 is 8.07 Å². The predicted octanol–water partition coefficient (Wildman–Crippen LogP) is 16.1. The van der Waals surface area contributed by atoms with Crippen LogP contribution in [0, 0.1) is 106 Å². The first kappa shape index (κ1) is 46.3. The summed E-state index contributed by atoms with van der Waals surface area (Å²) >= 11 is 0. The first-order chi connectivity index (χ1) is 27.2. The normalized spacial score (nSPS) is 40.0. The van der Waals surface area contributed by atoms with Crippen molar-refractivity contribution in [1.82, 2.24) is 0 Å². The largest absolute Gasteiger partial charge is 0.486 e. The molecule has 328 valence electrons. The average molecular weight is 811 g/mol. The molecule has 12 unspecified atom stereocenters. The van der Waals surface area contributed by atoms with E-state index in [-0.39, 0.29) is 11.0 Å². The van der Waals surface area contributed by atoms with Crippen molar-refractivity contribution in [3.63, 3.8) is 0 Å². The van der Waals surface area contributed by atoms with Crippen LogP contribution in [0.2, 0.25) is 19.6 Å². The van der Waals surface area contributed by atoms with E-state index in [1.54, 1.807) is 5.56 Å². The summed E-state index contributed by atoms with van der Waals surface area (Å²) in [6.45, 7) is 41.0. The standard InChI is InChI=1S/C56H94OSi/c1-17-44-32-43(26-27-58(14,15)16)33-53-54(44)57-56(51-30-41(12)20-24-47(51)37(6)7,52-31-42(13)21-25-48(52)38(8)9)34-55(53,49-28-39(10)18-22-45(49)35(2)3)50-29-40(11)19-23-46(50)36(4)5/h32-33,35-42,45-52H,17-25,28-31,34H2,1-16H3. The SMILES string of the molecule is CCc1cc(C#C[Si](C)(C)C)cc2c1OC(C1CC(C)CCC1C(C)C)(C1CC(C)CCC1C(C)C)CC2(C1CC(C)CCC1C(C)C)C1CC(C)CCC1C(C)C. The molecule has 1 aromatic rings. The lowest BCUT2D eigenvalue weighted by molar-refractivity contribution is -0.178. The Morgan fingerprint density at radius 2 is 0.966 bits per heavy atom. The van der Waals surface area contributed by atoms with Crippen LogP contribution in [0.5, 0.6) is 5.75 Å². The number of ether oxygens (including phenoxy) is 1. The molecule has 1 aliphatic heterocycles. The van der Waals surface area contributed by atoms with Crippen molar-refractivity contribution in [2.45, 2.75) is 211 Å². The number of benzene rings is 1. The van der Waals surface area contributed by atoms with Gasteiger partial charge in [0.2, 0.25) is 0 Å². The molecule has 2 heteroatoms. The maximum absolute atomic E-state index is 8.62. The van der Waals surface area contributed by atoms with Crippen LogP contribution < -0.4 is 4.74 Å². The highest BCUT2D eigenvalue weighted by molar-refractivity contribution is 6.83. The lowest BCUT2D eigenvalue weighted by Gasteiger charge is -2.66. The number of hydrogen-bond acceptors (Lipinski definition) is 1. The Morgan fingerprint density at radius 3 is 1.33 bits per heavy atom. The Balaban J connectivity index is 1.81. The van der Waals surface area contributed by atoms with Gasteiger partial charge in [-0.3, -0.25) is 0 Å². The van der Waals surface area contributed by atoms with Gasteiger partial charge >= 0.3 is 0 Å². The molecule has 4 aliphatic carbocycles. The lowest BCUT2D eigenvalue weighted by Crippen LogP contribution is -2.67. The van der Waals surface area contributed by atoms with E-state index in [4.69, 9.17) is 4.74 Å². The molecule has 5 aliphatic rings. The summed E-state index contributed by atoms with van der Waals surface area (Å²) in [6.07, 6.45) is 18.8. The van der Waals surface area contributed by atoms with Crippen LogP contribution in [0.1, 0.15) is 190 Å². The maximum Gasteiger partial charge on any atom is 0.129 e. The fourth-order valence-electron chi connectivity index (χ4n) is 15.3. The molecule has 0 spiro atoms. The molecule has 4 fully saturated rings. The van der Waals surface area contributed by atoms with Gasteiger partial charge in [0.25, 0.3) is 0 Å². The first-order valence-corrected chi connectivity index (χ1v) is 29.1. The third-order valence-corrected chi connectivity index (χ3v) is 19.0. The highest BCUT2D eigenvalue weighted by atomic mass is 28.3. The number of fused-ring (bicyclic) bond motifs is 1. The predicted molar refractivity (Wildman–Crippen MR) is 255 cm³/mol. The molecule has 12 atom stereocenters. The van der Waals surface area contributed by atoms with Crippen molar-refractivity contribution in [1.29, 1.82) is 0 Å². The van der Waals surface area contributed by atoms with Gasteiger partial charge in [0.15, 0.2) is 0 Å². The third-order valence-electron chi connectivity index (χ3n) is 18.2. The van der Waals surface area contributed by atoms with Crippen LogP contribution >= 0.6 is 0 Å². The van der Waals surface area contributed by atoms with Gasteiger partial charge in [-0.25, -0.2) is 0 Å². The van der Waals surface area contributed by atoms with Gasteiger partial charge in [0.05, 0.1) is 0 Å². The summed E-state index contributed by atoms with van der Waals surface area (Å²) in [5, 5.41) is 0. The highest BCUT2D eigenvalue weighted by Gasteiger charge is 2.66. The van der Waals surface area contributed by atoms with Crippen LogP contribution in [0.25, 0.3) is 0 Å². The van der Waals surface area contributed by atoms with Gasteiger partial charge in [-0.1, -0.05) is 141 Å². The van der Waals surface area contributed by atoms with Crippen molar-refractivity contribution in [2.24, 2.45) is 94.7 Å². The summed E-state index contributed by atoms with van der Waals surface area (Å²) in [6, 6.07) is 5.25. The summed E-state index contributed by atoms with van der Waals surface area (Å²) in [7, 11) is -1.58. The van der Waals surface area contributed by atoms with Crippen LogP contribution in [-0.4, -0.2) is 13.7 Å². The number of aryl methyl sites for hydroxylation is 1. The minimum Gasteiger partial charge on any atom is -0.486 e. The second-order valence-corrected chi connectivity index (χ2v) is 29.6. The lowest BCUT2D eigenvalue weighted by atomic mass is 9.42. The molecule has 0 aromatic heterocycles. The average Bonchev–Trinajstić information content (AvgIpc) is 3.15. The molecule has 0 bridgehead atoms. The Bertz CT molecular complexity index is 1520. The molecular formula is C56H94OSi. The van der Waals surface area contributed by atoms with Crippen molar-refractivity contribution in [3.8, 4) is 17.2 Å². The fourth-order valence-corrected chi connectivity index (χ4v) is 15.8. The van der Waals surface area contributed by atoms with Crippen LogP contribution in [-0.2, 0) is 11.8 Å². The van der Waals surface area contributed by atoms with Crippen LogP contribution in [0.4, 0.5) is 0 Å². The van der Waals surface area contributed by atoms with E-state index >= 15 is 0 Å². The molecule has 0 amide bonds. The van der Waals surface area contributed by atoms with E-state index in [0.29, 0.717) is 59.2 Å². The maximum atomic E-state index is 8.62. The van der Waals surface area contributed by atoms with Crippen molar-refractivity contribution in [2.75, 3.05) is 0 Å². The Labute approximate surface area is 362 Å². The molecule has 1 nitrogen and oxygen atoms in total. The first-order valence-electron chi connectivity index (χ1n) is 25.6. The number of hydrogen-bond donors (Lipinski definition) is 0. The zero-order valence-electron chi connectivity index (χ0n) is 41.2. The topological polar surface area (TPSA) is 9.23 Å². The summed E-state index contributed by atoms with van der Waals surface area (Å²) in [5.41, 5.74) is 8.16. The van der Waals surface area contributed by atoms with Gasteiger partial charge in [-0.2, -0.15) is 0 Å². The molecule has 4 saturated carbocycles. The quantitative estimate of drug-likeness (QED) is 0.178. The van der Waals surface area contributed by atoms with Gasteiger partial charge in [0, 0.05) is 28.4 Å². The van der Waals surface area contributed by atoms with Gasteiger partial charge < -0.3 is 4.74 Å². The van der Waals surface area contributed by atoms with Crippen molar-refractivity contribution >= 4 is 8.07 Å². The van der Waals surface area contributed by atoms with E-state index in [1.807, 2.05) is 0 Å². The van der Waals surface area contributed by atoms with Gasteiger partial charge in [-0.05, 0) is 165 Å². The third kappa shape index (κ3) is 9.13. The molecule has 0 N–H and O–H groups in total. The fraction of sp³-hybridized carbons (Fsp3) is 0.857. The summed E-state index contributed by atoms with van der Waals surface area (Å²) in [5.74, 6) is 16.5. The Morgan fingerprint density at radius 1 is 0.586 bits per heavy atom. The zero-order valence-corrected chi connectivity index (χ0v) is 42.2. The Kier molecular flexibility index (Phi) is 14.6. The Hall–Kier alpha value is -1.20. The van der Waals surface area contributed by atoms with Gasteiger partial charge in [0.1, 0.15) is 19.4 Å². The van der Waals surface area contributed by atoms with Gasteiger partial charge in [-0.15, -0.1) is 5.54 Å². The number of rotatable bonds is 9. The highest BCUT2D eigenvalue weighted by Crippen LogP contribution is 2.69. The van der Waals surface area contributed by atoms with E-state index in [0.717, 1.165) is 41.9 Å². The van der Waals surface area contributed by atoms with E-state index in [9.17, 15) is 0 Å². The van der Waals surface area contributed by atoms with Crippen LogP contribution in [0.3, 0.4) is 0 Å².